The molecule has 2 heterocycles. The Kier molecular flexibility index (Phi) is 5.89. The number of nitrogens with zero attached hydrogens (tertiary/aromatic N) is 2. The summed E-state index contributed by atoms with van der Waals surface area (Å²) >= 11 is 0. The van der Waals surface area contributed by atoms with Gasteiger partial charge in [0.1, 0.15) is 11.6 Å². The monoisotopic (exact) mass is 390 g/mol. The summed E-state index contributed by atoms with van der Waals surface area (Å²) in [6.07, 6.45) is -2.65. The van der Waals surface area contributed by atoms with Crippen LogP contribution in [0.1, 0.15) is 17.3 Å². The minimum absolute atomic E-state index is 0.182. The lowest BCUT2D eigenvalue weighted by molar-refractivity contribution is -0.126. The van der Waals surface area contributed by atoms with E-state index in [0.717, 1.165) is 0 Å². The number of alkyl halides is 3. The van der Waals surface area contributed by atoms with Crippen molar-refractivity contribution in [3.63, 3.8) is 0 Å². The maximum atomic E-state index is 13.3. The van der Waals surface area contributed by atoms with Gasteiger partial charge in [0.25, 0.3) is 0 Å². The van der Waals surface area contributed by atoms with E-state index in [0.29, 0.717) is 22.5 Å². The predicted molar refractivity (Wildman–Crippen MR) is 98.8 cm³/mol. The molecule has 0 saturated heterocycles. The third-order valence-electron chi connectivity index (χ3n) is 4.12. The summed E-state index contributed by atoms with van der Waals surface area (Å²) in [6.45, 7) is -1.17. The molecule has 1 aromatic carbocycles. The largest absolute Gasteiger partial charge is 0.401 e. The molecule has 2 aromatic heterocycles. The first-order valence-electron chi connectivity index (χ1n) is 8.54. The number of rotatable bonds is 6. The number of anilines is 1. The third-order valence-corrected chi connectivity index (χ3v) is 4.12. The Hall–Kier alpha value is -3.00. The first-order valence-corrected chi connectivity index (χ1v) is 8.54. The zero-order valence-electron chi connectivity index (χ0n) is 14.7. The van der Waals surface area contributed by atoms with Crippen LogP contribution in [0.15, 0.2) is 60.8 Å². The molecule has 3 N–H and O–H groups in total. The fourth-order valence-electron chi connectivity index (χ4n) is 2.90. The van der Waals surface area contributed by atoms with Gasteiger partial charge in [-0.1, -0.05) is 12.1 Å². The lowest BCUT2D eigenvalue weighted by Gasteiger charge is -2.22. The lowest BCUT2D eigenvalue weighted by Crippen LogP contribution is -2.33. The average molecular weight is 390 g/mol. The van der Waals surface area contributed by atoms with E-state index in [1.807, 2.05) is 0 Å². The van der Waals surface area contributed by atoms with Gasteiger partial charge in [-0.15, -0.1) is 0 Å². The summed E-state index contributed by atoms with van der Waals surface area (Å²) in [7, 11) is 0. The van der Waals surface area contributed by atoms with Crippen molar-refractivity contribution in [1.82, 2.24) is 15.3 Å². The highest BCUT2D eigenvalue weighted by atomic mass is 19.4. The van der Waals surface area contributed by atoms with Gasteiger partial charge in [0, 0.05) is 29.9 Å². The zero-order valence-corrected chi connectivity index (χ0v) is 14.7. The molecule has 1 unspecified atom stereocenters. The number of nitrogens with one attached hydrogen (secondary N) is 1. The fraction of sp³-hybridized carbons (Fsp3) is 0.200. The minimum atomic E-state index is -4.38. The minimum Gasteiger partial charge on any atom is -0.384 e. The highest BCUT2D eigenvalue weighted by molar-refractivity contribution is 5.63. The second-order valence-corrected chi connectivity index (χ2v) is 6.25. The summed E-state index contributed by atoms with van der Waals surface area (Å²) in [5.74, 6) is -0.117. The summed E-state index contributed by atoms with van der Waals surface area (Å²) in [5.41, 5.74) is 7.89. The molecule has 0 radical (unpaired) electrons. The molecule has 0 aliphatic carbocycles. The molecule has 0 aliphatic rings. The molecule has 4 nitrogen and oxygen atoms in total. The molecule has 0 saturated carbocycles. The average Bonchev–Trinajstić information content (AvgIpc) is 2.65. The zero-order chi connectivity index (χ0) is 20.1. The number of pyridine rings is 2. The number of nitrogen functional groups attached to an aromatic ring is 1. The second kappa shape index (κ2) is 8.35. The molecule has 0 amide bonds. The maximum absolute atomic E-state index is 13.3. The number of nitrogens with two attached hydrogens (primary N) is 1. The second-order valence-electron chi connectivity index (χ2n) is 6.25. The fourth-order valence-corrected chi connectivity index (χ4v) is 2.90. The van der Waals surface area contributed by atoms with Crippen LogP contribution in [0, 0.1) is 5.82 Å². The van der Waals surface area contributed by atoms with Crippen LogP contribution in [0.2, 0.25) is 0 Å². The van der Waals surface area contributed by atoms with Crippen molar-refractivity contribution in [2.24, 2.45) is 0 Å². The van der Waals surface area contributed by atoms with E-state index in [4.69, 9.17) is 5.73 Å². The van der Waals surface area contributed by atoms with Crippen LogP contribution in [0.3, 0.4) is 0 Å². The van der Waals surface area contributed by atoms with Gasteiger partial charge in [-0.2, -0.15) is 13.2 Å². The quantitative estimate of drug-likeness (QED) is 0.616. The summed E-state index contributed by atoms with van der Waals surface area (Å²) in [4.78, 5) is 8.50. The van der Waals surface area contributed by atoms with Crippen molar-refractivity contribution in [3.05, 3.63) is 77.9 Å². The van der Waals surface area contributed by atoms with Crippen LogP contribution < -0.4 is 11.1 Å². The van der Waals surface area contributed by atoms with Gasteiger partial charge in [0.05, 0.1) is 12.2 Å². The van der Waals surface area contributed by atoms with Crippen molar-refractivity contribution >= 4 is 5.82 Å². The lowest BCUT2D eigenvalue weighted by atomic mass is 9.96. The van der Waals surface area contributed by atoms with E-state index in [-0.39, 0.29) is 12.2 Å². The van der Waals surface area contributed by atoms with E-state index < -0.39 is 24.6 Å². The molecule has 146 valence electrons. The van der Waals surface area contributed by atoms with E-state index in [9.17, 15) is 17.6 Å². The van der Waals surface area contributed by atoms with Gasteiger partial charge in [0.2, 0.25) is 0 Å². The van der Waals surface area contributed by atoms with Crippen LogP contribution >= 0.6 is 0 Å². The first-order chi connectivity index (χ1) is 13.3. The van der Waals surface area contributed by atoms with Gasteiger partial charge in [-0.3, -0.25) is 4.98 Å². The number of benzene rings is 1. The molecule has 0 fully saturated rings. The molecule has 8 heteroatoms. The van der Waals surface area contributed by atoms with Crippen molar-refractivity contribution in [2.45, 2.75) is 18.6 Å². The highest BCUT2D eigenvalue weighted by Crippen LogP contribution is 2.29. The first kappa shape index (κ1) is 19.8. The Balaban J connectivity index is 1.98. The standard InChI is InChI=1S/C20H18F4N4/c21-14-8-6-13(7-9-14)19-16(4-2-10-26-19)17(27-12-20(22,23)24)11-15-3-1-5-18(25)28-15/h1-10,17,27H,11-12H2,(H2,25,28). The smallest absolute Gasteiger partial charge is 0.384 e. The molecule has 0 bridgehead atoms. The van der Waals surface area contributed by atoms with Crippen LogP contribution in [-0.4, -0.2) is 22.7 Å². The molecular weight excluding hydrogens is 372 g/mol. The Bertz CT molecular complexity index is 926. The summed E-state index contributed by atoms with van der Waals surface area (Å²) in [5, 5.41) is 2.55. The number of aromatic nitrogens is 2. The molecule has 3 rings (SSSR count). The number of halogens is 4. The molecule has 28 heavy (non-hydrogen) atoms. The third kappa shape index (κ3) is 5.26. The van der Waals surface area contributed by atoms with Crippen LogP contribution in [-0.2, 0) is 6.42 Å². The van der Waals surface area contributed by atoms with Crippen LogP contribution in [0.25, 0.3) is 11.3 Å². The Morgan fingerprint density at radius 1 is 1.00 bits per heavy atom. The molecule has 3 aromatic rings. The van der Waals surface area contributed by atoms with Crippen molar-refractivity contribution in [3.8, 4) is 11.3 Å². The van der Waals surface area contributed by atoms with E-state index >= 15 is 0 Å². The van der Waals surface area contributed by atoms with Crippen LogP contribution in [0.4, 0.5) is 23.4 Å². The van der Waals surface area contributed by atoms with E-state index in [1.165, 1.54) is 12.1 Å². The topological polar surface area (TPSA) is 63.8 Å². The van der Waals surface area contributed by atoms with Gasteiger partial charge in [-0.25, -0.2) is 9.37 Å². The van der Waals surface area contributed by atoms with Crippen molar-refractivity contribution in [1.29, 1.82) is 0 Å². The Morgan fingerprint density at radius 3 is 2.43 bits per heavy atom. The highest BCUT2D eigenvalue weighted by Gasteiger charge is 2.29. The van der Waals surface area contributed by atoms with Crippen LogP contribution in [0.5, 0.6) is 0 Å². The molecule has 1 atom stereocenters. The van der Waals surface area contributed by atoms with Gasteiger partial charge >= 0.3 is 6.18 Å². The summed E-state index contributed by atoms with van der Waals surface area (Å²) in [6, 6.07) is 13.3. The molecule has 0 aliphatic heterocycles. The maximum Gasteiger partial charge on any atom is 0.401 e. The Morgan fingerprint density at radius 2 is 1.75 bits per heavy atom. The number of hydrogen-bond acceptors (Lipinski definition) is 4. The normalized spacial score (nSPS) is 12.7. The Labute approximate surface area is 159 Å². The van der Waals surface area contributed by atoms with Gasteiger partial charge in [-0.05, 0) is 48.0 Å². The molecular formula is C20H18F4N4. The van der Waals surface area contributed by atoms with E-state index in [1.54, 1.807) is 48.7 Å². The predicted octanol–water partition coefficient (Wildman–Crippen LogP) is 4.30. The number of hydrogen-bond donors (Lipinski definition) is 2. The van der Waals surface area contributed by atoms with Crippen molar-refractivity contribution in [2.75, 3.05) is 12.3 Å². The summed E-state index contributed by atoms with van der Waals surface area (Å²) < 4.78 is 51.8. The molecule has 0 spiro atoms. The van der Waals surface area contributed by atoms with Crippen molar-refractivity contribution < 1.29 is 17.6 Å². The van der Waals surface area contributed by atoms with Gasteiger partial charge < -0.3 is 11.1 Å². The van der Waals surface area contributed by atoms with Gasteiger partial charge in [0.15, 0.2) is 0 Å². The van der Waals surface area contributed by atoms with E-state index in [2.05, 4.69) is 15.3 Å². The SMILES string of the molecule is Nc1cccc(CC(NCC(F)(F)F)c2cccnc2-c2ccc(F)cc2)n1.